The SMILES string of the molecule is Cc1ccc(C(=O)Nc2ccc(CN3CC[C@H](N(C)C)C3)c(C(F)(F)F)c2)cc1C#Cc1cnc2ccccn12. The molecule has 40 heavy (non-hydrogen) atoms. The third-order valence-corrected chi connectivity index (χ3v) is 7.29. The van der Waals surface area contributed by atoms with Crippen molar-refractivity contribution in [2.24, 2.45) is 0 Å². The number of alkyl halides is 3. The molecule has 2 aromatic heterocycles. The van der Waals surface area contributed by atoms with Crippen molar-refractivity contribution in [3.63, 3.8) is 0 Å². The van der Waals surface area contributed by atoms with Crippen molar-refractivity contribution in [1.82, 2.24) is 19.2 Å². The first kappa shape index (κ1) is 27.4. The number of fused-ring (bicyclic) bond motifs is 1. The summed E-state index contributed by atoms with van der Waals surface area (Å²) in [6.07, 6.45) is -0.0681. The average molecular weight is 546 g/mol. The minimum Gasteiger partial charge on any atom is -0.322 e. The minimum absolute atomic E-state index is 0.0904. The smallest absolute Gasteiger partial charge is 0.322 e. The number of amides is 1. The molecule has 1 aliphatic heterocycles. The van der Waals surface area contributed by atoms with Gasteiger partial charge in [-0.15, -0.1) is 0 Å². The topological polar surface area (TPSA) is 52.9 Å². The summed E-state index contributed by atoms with van der Waals surface area (Å²) < 4.78 is 43.9. The predicted octanol–water partition coefficient (Wildman–Crippen LogP) is 5.45. The lowest BCUT2D eigenvalue weighted by molar-refractivity contribution is -0.138. The molecule has 4 aromatic rings. The molecule has 0 radical (unpaired) electrons. The number of aromatic nitrogens is 2. The fourth-order valence-electron chi connectivity index (χ4n) is 4.93. The van der Waals surface area contributed by atoms with Gasteiger partial charge in [0.2, 0.25) is 0 Å². The molecule has 0 saturated carbocycles. The van der Waals surface area contributed by atoms with E-state index in [2.05, 4.69) is 27.0 Å². The summed E-state index contributed by atoms with van der Waals surface area (Å²) >= 11 is 0. The minimum atomic E-state index is -4.54. The average Bonchev–Trinajstić information content (AvgIpc) is 3.56. The van der Waals surface area contributed by atoms with Gasteiger partial charge in [-0.2, -0.15) is 13.2 Å². The van der Waals surface area contributed by atoms with Gasteiger partial charge in [-0.3, -0.25) is 14.1 Å². The number of likely N-dealkylation sites (tertiary alicyclic amines) is 1. The number of hydrogen-bond acceptors (Lipinski definition) is 4. The molecule has 1 N–H and O–H groups in total. The number of nitrogens with zero attached hydrogens (tertiary/aromatic N) is 4. The van der Waals surface area contributed by atoms with E-state index in [4.69, 9.17) is 0 Å². The molecule has 206 valence electrons. The maximum atomic E-state index is 14.0. The lowest BCUT2D eigenvalue weighted by Gasteiger charge is -2.22. The summed E-state index contributed by atoms with van der Waals surface area (Å²) in [7, 11) is 3.97. The van der Waals surface area contributed by atoms with Gasteiger partial charge in [0, 0.05) is 48.7 Å². The Morgan fingerprint density at radius 3 is 2.70 bits per heavy atom. The van der Waals surface area contributed by atoms with E-state index in [1.807, 2.05) is 54.7 Å². The quantitative estimate of drug-likeness (QED) is 0.339. The number of anilines is 1. The summed E-state index contributed by atoms with van der Waals surface area (Å²) in [5.41, 5.74) is 2.86. The maximum Gasteiger partial charge on any atom is 0.416 e. The van der Waals surface area contributed by atoms with Crippen molar-refractivity contribution in [2.75, 3.05) is 32.5 Å². The zero-order chi connectivity index (χ0) is 28.4. The van der Waals surface area contributed by atoms with Gasteiger partial charge in [0.15, 0.2) is 0 Å². The second kappa shape index (κ2) is 11.2. The molecule has 0 bridgehead atoms. The summed E-state index contributed by atoms with van der Waals surface area (Å²) in [6.45, 7) is 3.56. The molecule has 5 rings (SSSR count). The number of carbonyl (C=O) groups is 1. The molecule has 9 heteroatoms. The van der Waals surface area contributed by atoms with Gasteiger partial charge < -0.3 is 10.2 Å². The van der Waals surface area contributed by atoms with Crippen LogP contribution in [-0.2, 0) is 12.7 Å². The second-order valence-corrected chi connectivity index (χ2v) is 10.3. The van der Waals surface area contributed by atoms with Gasteiger partial charge in [-0.25, -0.2) is 4.98 Å². The highest BCUT2D eigenvalue weighted by Crippen LogP contribution is 2.35. The molecule has 2 aromatic carbocycles. The number of imidazole rings is 1. The van der Waals surface area contributed by atoms with E-state index in [0.717, 1.165) is 36.8 Å². The van der Waals surface area contributed by atoms with E-state index in [-0.39, 0.29) is 17.8 Å². The zero-order valence-electron chi connectivity index (χ0n) is 22.6. The van der Waals surface area contributed by atoms with Crippen molar-refractivity contribution in [3.05, 3.63) is 101 Å². The van der Waals surface area contributed by atoms with Crippen molar-refractivity contribution in [1.29, 1.82) is 0 Å². The van der Waals surface area contributed by atoms with Crippen LogP contribution in [0.3, 0.4) is 0 Å². The van der Waals surface area contributed by atoms with Crippen LogP contribution in [0.25, 0.3) is 5.65 Å². The third kappa shape index (κ3) is 6.03. The van der Waals surface area contributed by atoms with Gasteiger partial charge in [-0.05, 0) is 80.9 Å². The number of halogens is 3. The Hall–Kier alpha value is -4.13. The van der Waals surface area contributed by atoms with Crippen molar-refractivity contribution >= 4 is 17.2 Å². The van der Waals surface area contributed by atoms with E-state index < -0.39 is 17.6 Å². The van der Waals surface area contributed by atoms with E-state index in [0.29, 0.717) is 22.9 Å². The van der Waals surface area contributed by atoms with Crippen molar-refractivity contribution < 1.29 is 18.0 Å². The van der Waals surface area contributed by atoms with Gasteiger partial charge in [0.05, 0.1) is 11.8 Å². The Bertz CT molecular complexity index is 1610. The summed E-state index contributed by atoms with van der Waals surface area (Å²) in [5.74, 6) is 5.69. The number of carbonyl (C=O) groups excluding carboxylic acids is 1. The first-order valence-electron chi connectivity index (χ1n) is 13.0. The molecular formula is C31H30F3N5O. The molecule has 1 aliphatic rings. The highest BCUT2D eigenvalue weighted by molar-refractivity contribution is 6.04. The van der Waals surface area contributed by atoms with E-state index in [1.54, 1.807) is 24.4 Å². The highest BCUT2D eigenvalue weighted by atomic mass is 19.4. The van der Waals surface area contributed by atoms with E-state index >= 15 is 0 Å². The zero-order valence-corrected chi connectivity index (χ0v) is 22.6. The molecule has 1 saturated heterocycles. The summed E-state index contributed by atoms with van der Waals surface area (Å²) in [6, 6.07) is 15.1. The van der Waals surface area contributed by atoms with Crippen LogP contribution in [0.15, 0.2) is 67.0 Å². The van der Waals surface area contributed by atoms with Gasteiger partial charge in [0.25, 0.3) is 5.91 Å². The molecule has 0 unspecified atom stereocenters. The lowest BCUT2D eigenvalue weighted by atomic mass is 10.0. The standard InChI is InChI=1S/C31H30F3N5O/c1-21-7-8-23(16-22(21)10-12-26-18-35-29-6-4-5-14-39(26)29)30(40)36-25-11-9-24(28(17-25)31(32,33)34)19-38-15-13-27(20-38)37(2)3/h4-9,11,14,16-18,27H,13,15,19-20H2,1-3H3,(H,36,40)/t27-/m0/s1. The molecule has 3 heterocycles. The number of nitrogens with one attached hydrogen (secondary N) is 1. The lowest BCUT2D eigenvalue weighted by Crippen LogP contribution is -2.31. The fraction of sp³-hybridized carbons (Fsp3) is 0.290. The van der Waals surface area contributed by atoms with Crippen LogP contribution >= 0.6 is 0 Å². The third-order valence-electron chi connectivity index (χ3n) is 7.29. The number of pyridine rings is 1. The highest BCUT2D eigenvalue weighted by Gasteiger charge is 2.35. The Labute approximate surface area is 231 Å². The Morgan fingerprint density at radius 2 is 1.95 bits per heavy atom. The first-order valence-corrected chi connectivity index (χ1v) is 13.0. The molecule has 1 atom stereocenters. The first-order chi connectivity index (χ1) is 19.1. The summed E-state index contributed by atoms with van der Waals surface area (Å²) in [5, 5.41) is 2.63. The number of benzene rings is 2. The largest absolute Gasteiger partial charge is 0.416 e. The van der Waals surface area contributed by atoms with E-state index in [1.165, 1.54) is 12.1 Å². The molecule has 0 spiro atoms. The Kier molecular flexibility index (Phi) is 7.66. The number of rotatable bonds is 5. The van der Waals surface area contributed by atoms with Crippen molar-refractivity contribution in [2.45, 2.75) is 32.1 Å². The van der Waals surface area contributed by atoms with Gasteiger partial charge >= 0.3 is 6.18 Å². The van der Waals surface area contributed by atoms with Crippen LogP contribution in [0.2, 0.25) is 0 Å². The van der Waals surface area contributed by atoms with Crippen LogP contribution in [0.4, 0.5) is 18.9 Å². The molecule has 0 aliphatic carbocycles. The molecule has 1 amide bonds. The second-order valence-electron chi connectivity index (χ2n) is 10.3. The number of likely N-dealkylation sites (N-methyl/N-ethyl adjacent to an activating group) is 1. The molecule has 6 nitrogen and oxygen atoms in total. The van der Waals surface area contributed by atoms with Crippen LogP contribution in [0, 0.1) is 18.8 Å². The molecule has 1 fully saturated rings. The van der Waals surface area contributed by atoms with Crippen LogP contribution < -0.4 is 5.32 Å². The fourth-order valence-corrected chi connectivity index (χ4v) is 4.93. The number of hydrogen-bond donors (Lipinski definition) is 1. The summed E-state index contributed by atoms with van der Waals surface area (Å²) in [4.78, 5) is 21.5. The predicted molar refractivity (Wildman–Crippen MR) is 149 cm³/mol. The van der Waals surface area contributed by atoms with Gasteiger partial charge in [-0.1, -0.05) is 24.1 Å². The van der Waals surface area contributed by atoms with Gasteiger partial charge in [0.1, 0.15) is 11.3 Å². The van der Waals surface area contributed by atoms with Crippen LogP contribution in [-0.4, -0.2) is 58.3 Å². The normalized spacial score (nSPS) is 15.8. The Morgan fingerprint density at radius 1 is 1.12 bits per heavy atom. The van der Waals surface area contributed by atoms with E-state index in [9.17, 15) is 18.0 Å². The van der Waals surface area contributed by atoms with Crippen LogP contribution in [0.5, 0.6) is 0 Å². The number of aryl methyl sites for hydroxylation is 1. The van der Waals surface area contributed by atoms with Crippen LogP contribution in [0.1, 0.15) is 44.7 Å². The van der Waals surface area contributed by atoms with Crippen molar-refractivity contribution in [3.8, 4) is 11.8 Å². The Balaban J connectivity index is 1.34. The maximum absolute atomic E-state index is 14.0. The monoisotopic (exact) mass is 545 g/mol. The molecular weight excluding hydrogens is 515 g/mol.